The van der Waals surface area contributed by atoms with Crippen LogP contribution in [-0.4, -0.2) is 46.3 Å². The third kappa shape index (κ3) is 5.29. The molecule has 3 aromatic carbocycles. The normalized spacial score (nSPS) is 15.5. The second-order valence-corrected chi connectivity index (χ2v) is 9.95. The van der Waals surface area contributed by atoms with E-state index in [-0.39, 0.29) is 18.4 Å². The number of rotatable bonds is 8. The smallest absolute Gasteiger partial charge is 0.338 e. The number of esters is 1. The Balaban J connectivity index is 1.98. The molecule has 1 heterocycles. The number of anilines is 2. The fraction of sp³-hybridized carbons (Fsp3) is 0.333. The lowest BCUT2D eigenvalue weighted by Crippen LogP contribution is -2.41. The molecule has 0 radical (unpaired) electrons. The van der Waals surface area contributed by atoms with Crippen molar-refractivity contribution in [3.05, 3.63) is 81.9 Å². The maximum Gasteiger partial charge on any atom is 0.338 e. The largest absolute Gasteiger partial charge is 0.493 e. The molecule has 8 heteroatoms. The van der Waals surface area contributed by atoms with E-state index in [0.29, 0.717) is 33.3 Å². The lowest BCUT2D eigenvalue weighted by atomic mass is 9.85. The van der Waals surface area contributed by atoms with Gasteiger partial charge in [-0.3, -0.25) is 4.79 Å². The molecular formula is C30H33ClN2O5. The highest BCUT2D eigenvalue weighted by atomic mass is 35.5. The Morgan fingerprint density at radius 1 is 1.05 bits per heavy atom. The number of hydrogen-bond donors (Lipinski definition) is 0. The third-order valence-corrected chi connectivity index (χ3v) is 7.09. The van der Waals surface area contributed by atoms with Gasteiger partial charge >= 0.3 is 5.97 Å². The maximum absolute atomic E-state index is 13.8. The quantitative estimate of drug-likeness (QED) is 0.326. The van der Waals surface area contributed by atoms with Gasteiger partial charge in [-0.1, -0.05) is 24.6 Å². The van der Waals surface area contributed by atoms with Crippen LogP contribution in [0.3, 0.4) is 0 Å². The van der Waals surface area contributed by atoms with E-state index < -0.39 is 12.0 Å². The molecule has 2 atom stereocenters. The van der Waals surface area contributed by atoms with Gasteiger partial charge in [-0.2, -0.15) is 0 Å². The number of carbonyl (C=O) groups is 2. The molecule has 38 heavy (non-hydrogen) atoms. The molecule has 1 aliphatic heterocycles. The highest BCUT2D eigenvalue weighted by Crippen LogP contribution is 2.45. The second kappa shape index (κ2) is 11.4. The minimum Gasteiger partial charge on any atom is -0.493 e. The van der Waals surface area contributed by atoms with E-state index in [1.54, 1.807) is 30.2 Å². The number of nitrogens with zero attached hydrogens (tertiary/aromatic N) is 2. The molecule has 0 N–H and O–H groups in total. The van der Waals surface area contributed by atoms with Crippen LogP contribution in [0.5, 0.6) is 11.5 Å². The van der Waals surface area contributed by atoms with E-state index in [0.717, 1.165) is 23.2 Å². The Kier molecular flexibility index (Phi) is 8.17. The molecule has 0 spiro atoms. The lowest BCUT2D eigenvalue weighted by molar-refractivity contribution is -0.118. The number of ether oxygens (including phenoxy) is 3. The van der Waals surface area contributed by atoms with Crippen molar-refractivity contribution >= 4 is 34.9 Å². The minimum absolute atomic E-state index is 0.0403. The number of benzene rings is 3. The number of carbonyl (C=O) groups excluding carboxylic acids is 2. The minimum atomic E-state index is -0.631. The molecule has 200 valence electrons. The first kappa shape index (κ1) is 27.3. The van der Waals surface area contributed by atoms with Crippen molar-refractivity contribution in [2.24, 2.45) is 0 Å². The Bertz CT molecular complexity index is 1340. The average molecular weight is 537 g/mol. The van der Waals surface area contributed by atoms with E-state index in [1.807, 2.05) is 69.2 Å². The van der Waals surface area contributed by atoms with Crippen LogP contribution >= 0.6 is 11.6 Å². The van der Waals surface area contributed by atoms with Gasteiger partial charge in [-0.15, -0.1) is 0 Å². The number of methoxy groups -OCH3 is 2. The number of amides is 1. The van der Waals surface area contributed by atoms with Crippen LogP contribution in [0.15, 0.2) is 54.6 Å². The zero-order chi connectivity index (χ0) is 27.6. The summed E-state index contributed by atoms with van der Waals surface area (Å²) in [5, 5.41) is 0.397. The zero-order valence-corrected chi connectivity index (χ0v) is 23.3. The predicted molar refractivity (Wildman–Crippen MR) is 150 cm³/mol. The highest BCUT2D eigenvalue weighted by Gasteiger charge is 2.38. The third-order valence-electron chi connectivity index (χ3n) is 6.85. The van der Waals surface area contributed by atoms with Crippen LogP contribution in [0.4, 0.5) is 11.4 Å². The van der Waals surface area contributed by atoms with Gasteiger partial charge in [0.25, 0.3) is 0 Å². The molecule has 0 aromatic heterocycles. The van der Waals surface area contributed by atoms with Crippen molar-refractivity contribution in [3.8, 4) is 11.5 Å². The zero-order valence-electron chi connectivity index (χ0n) is 22.6. The SMILES string of the molecule is CCC(C)Oc1cc2c(cc1OC)CC(=O)N(c1ccc(N(C)C)cc1)C2c1ccc(Cl)cc1C(=O)OC. The molecule has 7 nitrogen and oxygen atoms in total. The first-order chi connectivity index (χ1) is 18.2. The van der Waals surface area contributed by atoms with Crippen LogP contribution < -0.4 is 19.3 Å². The van der Waals surface area contributed by atoms with Crippen molar-refractivity contribution in [1.82, 2.24) is 0 Å². The molecule has 1 aliphatic rings. The van der Waals surface area contributed by atoms with Gasteiger partial charge in [0, 0.05) is 30.5 Å². The van der Waals surface area contributed by atoms with E-state index in [9.17, 15) is 9.59 Å². The molecule has 0 fully saturated rings. The van der Waals surface area contributed by atoms with Crippen LogP contribution in [-0.2, 0) is 16.0 Å². The van der Waals surface area contributed by atoms with Crippen LogP contribution in [0.2, 0.25) is 5.02 Å². The molecule has 0 bridgehead atoms. The van der Waals surface area contributed by atoms with Crippen molar-refractivity contribution in [1.29, 1.82) is 0 Å². The van der Waals surface area contributed by atoms with Gasteiger partial charge in [-0.05, 0) is 78.6 Å². The van der Waals surface area contributed by atoms with Crippen molar-refractivity contribution in [2.75, 3.05) is 38.1 Å². The summed E-state index contributed by atoms with van der Waals surface area (Å²) in [6.07, 6.45) is 0.944. The Labute approximate surface area is 228 Å². The molecular weight excluding hydrogens is 504 g/mol. The molecule has 1 amide bonds. The summed E-state index contributed by atoms with van der Waals surface area (Å²) >= 11 is 6.29. The molecule has 3 aromatic rings. The van der Waals surface area contributed by atoms with E-state index in [1.165, 1.54) is 7.11 Å². The summed E-state index contributed by atoms with van der Waals surface area (Å²) in [5.74, 6) is 0.498. The second-order valence-electron chi connectivity index (χ2n) is 9.52. The number of halogens is 1. The summed E-state index contributed by atoms with van der Waals surface area (Å²) in [7, 11) is 6.83. The van der Waals surface area contributed by atoms with Crippen LogP contribution in [0, 0.1) is 0 Å². The summed E-state index contributed by atoms with van der Waals surface area (Å²) < 4.78 is 16.9. The molecule has 4 rings (SSSR count). The van der Waals surface area contributed by atoms with Crippen molar-refractivity contribution in [3.63, 3.8) is 0 Å². The molecule has 0 aliphatic carbocycles. The van der Waals surface area contributed by atoms with Crippen molar-refractivity contribution in [2.45, 2.75) is 38.8 Å². The van der Waals surface area contributed by atoms with E-state index in [2.05, 4.69) is 0 Å². The number of fused-ring (bicyclic) bond motifs is 1. The monoisotopic (exact) mass is 536 g/mol. The lowest BCUT2D eigenvalue weighted by Gasteiger charge is -2.39. The van der Waals surface area contributed by atoms with Gasteiger partial charge in [0.1, 0.15) is 0 Å². The van der Waals surface area contributed by atoms with Gasteiger partial charge in [0.15, 0.2) is 11.5 Å². The maximum atomic E-state index is 13.8. The Morgan fingerprint density at radius 2 is 1.76 bits per heavy atom. The van der Waals surface area contributed by atoms with E-state index in [4.69, 9.17) is 25.8 Å². The van der Waals surface area contributed by atoms with E-state index >= 15 is 0 Å². The highest BCUT2D eigenvalue weighted by molar-refractivity contribution is 6.31. The summed E-state index contributed by atoms with van der Waals surface area (Å²) in [4.78, 5) is 30.4. The topological polar surface area (TPSA) is 68.3 Å². The fourth-order valence-electron chi connectivity index (χ4n) is 4.67. The standard InChI is InChI=1S/C30H33ClN2O5/c1-7-18(2)38-27-17-24-19(14-26(27)36-5)15-28(34)33(22-11-9-21(10-12-22)32(3)4)29(24)23-13-8-20(31)16-25(23)30(35)37-6/h8-14,16-18,29H,7,15H2,1-6H3. The molecule has 0 saturated carbocycles. The van der Waals surface area contributed by atoms with Crippen LogP contribution in [0.25, 0.3) is 0 Å². The van der Waals surface area contributed by atoms with Crippen LogP contribution in [0.1, 0.15) is 53.4 Å². The summed E-state index contributed by atoms with van der Waals surface area (Å²) in [6.45, 7) is 4.04. The summed E-state index contributed by atoms with van der Waals surface area (Å²) in [5.41, 5.74) is 4.26. The Hall–Kier alpha value is -3.71. The number of hydrogen-bond acceptors (Lipinski definition) is 6. The first-order valence-electron chi connectivity index (χ1n) is 12.5. The van der Waals surface area contributed by atoms with Gasteiger partial charge < -0.3 is 24.0 Å². The van der Waals surface area contributed by atoms with Gasteiger partial charge in [0.05, 0.1) is 38.3 Å². The molecule has 0 saturated heterocycles. The molecule has 2 unspecified atom stereocenters. The predicted octanol–water partition coefficient (Wildman–Crippen LogP) is 6.06. The summed E-state index contributed by atoms with van der Waals surface area (Å²) in [6, 6.07) is 16.0. The van der Waals surface area contributed by atoms with Gasteiger partial charge in [-0.25, -0.2) is 4.79 Å². The van der Waals surface area contributed by atoms with Gasteiger partial charge in [0.2, 0.25) is 5.91 Å². The fourth-order valence-corrected chi connectivity index (χ4v) is 4.85. The Morgan fingerprint density at radius 3 is 2.37 bits per heavy atom. The van der Waals surface area contributed by atoms with Crippen molar-refractivity contribution < 1.29 is 23.8 Å². The first-order valence-corrected chi connectivity index (χ1v) is 12.9. The average Bonchev–Trinajstić information content (AvgIpc) is 2.91.